The molecular formula is C12H23N5. The topological polar surface area (TPSA) is 92.7 Å². The second-order valence-corrected chi connectivity index (χ2v) is 5.07. The second-order valence-electron chi connectivity index (χ2n) is 5.07. The molecule has 1 atom stereocenters. The number of anilines is 1. The van der Waals surface area contributed by atoms with E-state index in [1.807, 2.05) is 0 Å². The first-order valence-electron chi connectivity index (χ1n) is 6.51. The molecule has 1 aromatic heterocycles. The smallest absolute Gasteiger partial charge is 0.123 e. The Kier molecular flexibility index (Phi) is 4.02. The Morgan fingerprint density at radius 2 is 2.18 bits per heavy atom. The maximum atomic E-state index is 5.86. The molecule has 6 N–H and O–H groups in total. The summed E-state index contributed by atoms with van der Waals surface area (Å²) in [4.78, 5) is 0. The molecule has 0 amide bonds. The van der Waals surface area contributed by atoms with Gasteiger partial charge in [-0.05, 0) is 24.7 Å². The Bertz CT molecular complexity index is 340. The quantitative estimate of drug-likeness (QED) is 0.474. The number of hydrogen-bond donors (Lipinski definition) is 4. The summed E-state index contributed by atoms with van der Waals surface area (Å²) in [5.41, 5.74) is 9.78. The number of rotatable bonds is 4. The van der Waals surface area contributed by atoms with Crippen molar-refractivity contribution in [3.8, 4) is 0 Å². The fourth-order valence-electron chi connectivity index (χ4n) is 2.96. The number of nitrogens with one attached hydrogen (secondary N) is 2. The first kappa shape index (κ1) is 12.4. The third kappa shape index (κ3) is 2.61. The molecule has 0 aromatic carbocycles. The number of H-pyrrole nitrogens is 1. The summed E-state index contributed by atoms with van der Waals surface area (Å²) in [6, 6.07) is 0.131. The standard InChI is InChI=1S/C12H23N5/c1-2-8-3-5-9(6-4-8)11(16-14)10-7-15-17-12(10)13/h7-9,11,16H,2-6,14H2,1H3,(H3,13,15,17). The number of nitrogens with two attached hydrogens (primary N) is 2. The van der Waals surface area contributed by atoms with E-state index in [0.717, 1.165) is 11.5 Å². The molecule has 1 aliphatic carbocycles. The average Bonchev–Trinajstić information content (AvgIpc) is 2.78. The van der Waals surface area contributed by atoms with Gasteiger partial charge in [0, 0.05) is 5.56 Å². The van der Waals surface area contributed by atoms with E-state index in [1.54, 1.807) is 6.20 Å². The van der Waals surface area contributed by atoms with Crippen molar-refractivity contribution in [1.82, 2.24) is 15.6 Å². The first-order chi connectivity index (χ1) is 8.26. The third-order valence-electron chi connectivity index (χ3n) is 4.15. The van der Waals surface area contributed by atoms with Crippen LogP contribution in [0.5, 0.6) is 0 Å². The molecule has 0 spiro atoms. The minimum absolute atomic E-state index is 0.131. The zero-order chi connectivity index (χ0) is 12.3. The summed E-state index contributed by atoms with van der Waals surface area (Å²) in [5.74, 6) is 7.78. The largest absolute Gasteiger partial charge is 0.384 e. The Hall–Kier alpha value is -1.07. The van der Waals surface area contributed by atoms with Crippen LogP contribution in [-0.2, 0) is 0 Å². The Balaban J connectivity index is 2.03. The van der Waals surface area contributed by atoms with Crippen LogP contribution in [0.15, 0.2) is 6.20 Å². The van der Waals surface area contributed by atoms with Gasteiger partial charge in [0.25, 0.3) is 0 Å². The fourth-order valence-corrected chi connectivity index (χ4v) is 2.96. The summed E-state index contributed by atoms with van der Waals surface area (Å²) in [7, 11) is 0. The van der Waals surface area contributed by atoms with E-state index in [-0.39, 0.29) is 6.04 Å². The highest BCUT2D eigenvalue weighted by Gasteiger charge is 2.29. The second kappa shape index (κ2) is 5.51. The number of hydrazine groups is 1. The van der Waals surface area contributed by atoms with Crippen LogP contribution < -0.4 is 17.0 Å². The fraction of sp³-hybridized carbons (Fsp3) is 0.750. The molecule has 96 valence electrons. The summed E-state index contributed by atoms with van der Waals surface area (Å²) < 4.78 is 0. The Morgan fingerprint density at radius 1 is 1.47 bits per heavy atom. The zero-order valence-corrected chi connectivity index (χ0v) is 10.4. The van der Waals surface area contributed by atoms with Crippen molar-refractivity contribution in [2.45, 2.75) is 45.1 Å². The first-order valence-corrected chi connectivity index (χ1v) is 6.51. The van der Waals surface area contributed by atoms with Crippen LogP contribution >= 0.6 is 0 Å². The highest BCUT2D eigenvalue weighted by atomic mass is 15.2. The summed E-state index contributed by atoms with van der Waals surface area (Å²) in [6.45, 7) is 2.28. The van der Waals surface area contributed by atoms with Crippen LogP contribution in [0.3, 0.4) is 0 Å². The van der Waals surface area contributed by atoms with Gasteiger partial charge >= 0.3 is 0 Å². The monoisotopic (exact) mass is 237 g/mol. The van der Waals surface area contributed by atoms with Gasteiger partial charge in [0.15, 0.2) is 0 Å². The lowest BCUT2D eigenvalue weighted by molar-refractivity contribution is 0.220. The lowest BCUT2D eigenvalue weighted by Crippen LogP contribution is -2.35. The van der Waals surface area contributed by atoms with E-state index in [1.165, 1.54) is 32.1 Å². The minimum Gasteiger partial charge on any atom is -0.384 e. The molecule has 2 rings (SSSR count). The van der Waals surface area contributed by atoms with Gasteiger partial charge in [-0.1, -0.05) is 26.2 Å². The van der Waals surface area contributed by atoms with E-state index in [9.17, 15) is 0 Å². The van der Waals surface area contributed by atoms with Gasteiger partial charge in [0.2, 0.25) is 0 Å². The van der Waals surface area contributed by atoms with Gasteiger partial charge in [-0.3, -0.25) is 16.4 Å². The molecule has 0 radical (unpaired) electrons. The molecule has 0 bridgehead atoms. The van der Waals surface area contributed by atoms with Crippen LogP contribution in [0, 0.1) is 11.8 Å². The molecule has 0 aliphatic heterocycles. The third-order valence-corrected chi connectivity index (χ3v) is 4.15. The van der Waals surface area contributed by atoms with E-state index < -0.39 is 0 Å². The Morgan fingerprint density at radius 3 is 2.65 bits per heavy atom. The SMILES string of the molecule is CCC1CCC(C(NN)c2cn[nH]c2N)CC1. The molecule has 1 saturated carbocycles. The molecule has 5 nitrogen and oxygen atoms in total. The van der Waals surface area contributed by atoms with Gasteiger partial charge in [-0.2, -0.15) is 5.10 Å². The van der Waals surface area contributed by atoms with Crippen molar-refractivity contribution in [2.75, 3.05) is 5.73 Å². The van der Waals surface area contributed by atoms with Crippen molar-refractivity contribution in [1.29, 1.82) is 0 Å². The zero-order valence-electron chi connectivity index (χ0n) is 10.4. The molecule has 1 unspecified atom stereocenters. The molecule has 17 heavy (non-hydrogen) atoms. The maximum Gasteiger partial charge on any atom is 0.123 e. The van der Waals surface area contributed by atoms with E-state index in [2.05, 4.69) is 22.5 Å². The molecule has 1 heterocycles. The number of hydrogen-bond acceptors (Lipinski definition) is 4. The molecule has 1 aliphatic rings. The van der Waals surface area contributed by atoms with Crippen molar-refractivity contribution in [3.63, 3.8) is 0 Å². The number of aromatic amines is 1. The molecule has 0 saturated heterocycles. The van der Waals surface area contributed by atoms with Gasteiger partial charge in [-0.25, -0.2) is 0 Å². The number of nitrogens with zero attached hydrogens (tertiary/aromatic N) is 1. The van der Waals surface area contributed by atoms with Gasteiger partial charge in [0.05, 0.1) is 12.2 Å². The molecule has 5 heteroatoms. The van der Waals surface area contributed by atoms with Crippen molar-refractivity contribution >= 4 is 5.82 Å². The molecule has 1 fully saturated rings. The number of aromatic nitrogens is 2. The predicted molar refractivity (Wildman–Crippen MR) is 68.8 cm³/mol. The van der Waals surface area contributed by atoms with E-state index in [4.69, 9.17) is 11.6 Å². The lowest BCUT2D eigenvalue weighted by atomic mass is 9.76. The van der Waals surface area contributed by atoms with Gasteiger partial charge in [0.1, 0.15) is 5.82 Å². The van der Waals surface area contributed by atoms with E-state index >= 15 is 0 Å². The van der Waals surface area contributed by atoms with E-state index in [0.29, 0.717) is 11.7 Å². The average molecular weight is 237 g/mol. The van der Waals surface area contributed by atoms with Gasteiger partial charge in [-0.15, -0.1) is 0 Å². The van der Waals surface area contributed by atoms with Crippen LogP contribution in [0.1, 0.15) is 50.6 Å². The van der Waals surface area contributed by atoms with Crippen molar-refractivity contribution in [2.24, 2.45) is 17.7 Å². The minimum atomic E-state index is 0.131. The number of nitrogen functional groups attached to an aromatic ring is 1. The van der Waals surface area contributed by atoms with Crippen LogP contribution in [0.4, 0.5) is 5.82 Å². The summed E-state index contributed by atoms with van der Waals surface area (Å²) in [6.07, 6.45) is 8.12. The normalized spacial score (nSPS) is 26.9. The lowest BCUT2D eigenvalue weighted by Gasteiger charge is -2.33. The van der Waals surface area contributed by atoms with Crippen LogP contribution in [-0.4, -0.2) is 10.2 Å². The highest BCUT2D eigenvalue weighted by Crippen LogP contribution is 2.38. The maximum absolute atomic E-state index is 5.86. The van der Waals surface area contributed by atoms with Crippen LogP contribution in [0.25, 0.3) is 0 Å². The van der Waals surface area contributed by atoms with Crippen LogP contribution in [0.2, 0.25) is 0 Å². The highest BCUT2D eigenvalue weighted by molar-refractivity contribution is 5.39. The molecular weight excluding hydrogens is 214 g/mol. The van der Waals surface area contributed by atoms with Gasteiger partial charge < -0.3 is 5.73 Å². The summed E-state index contributed by atoms with van der Waals surface area (Å²) in [5, 5.41) is 6.75. The predicted octanol–water partition coefficient (Wildman–Crippen LogP) is 1.71. The van der Waals surface area contributed by atoms with Crippen molar-refractivity contribution < 1.29 is 0 Å². The van der Waals surface area contributed by atoms with Crippen molar-refractivity contribution in [3.05, 3.63) is 11.8 Å². The molecule has 1 aromatic rings. The summed E-state index contributed by atoms with van der Waals surface area (Å²) >= 11 is 0. The Labute approximate surface area is 102 Å².